The molecule has 14 heteroatoms. The van der Waals surface area contributed by atoms with Crippen molar-refractivity contribution < 1.29 is 18.0 Å². The minimum Gasteiger partial charge on any atom is -0.396 e. The van der Waals surface area contributed by atoms with Crippen LogP contribution in [0.4, 0.5) is 21.6 Å². The van der Waals surface area contributed by atoms with E-state index in [0.29, 0.717) is 51.7 Å². The number of pyridine rings is 1. The molecule has 0 aliphatic carbocycles. The van der Waals surface area contributed by atoms with Crippen LogP contribution < -0.4 is 16.5 Å². The third-order valence-electron chi connectivity index (χ3n) is 6.70. The third kappa shape index (κ3) is 7.73. The van der Waals surface area contributed by atoms with Gasteiger partial charge in [-0.15, -0.1) is 10.2 Å². The van der Waals surface area contributed by atoms with E-state index in [-0.39, 0.29) is 22.9 Å². The normalized spacial score (nSPS) is 14.2. The first-order valence-corrected chi connectivity index (χ1v) is 14.6. The molecular weight excluding hydrogens is 585 g/mol. The van der Waals surface area contributed by atoms with Crippen LogP contribution in [0.5, 0.6) is 0 Å². The number of amides is 1. The number of likely N-dealkylation sites (N-methyl/N-ethyl adjacent to an activating group) is 1. The number of hydrogen-bond acceptors (Lipinski definition) is 11. The van der Waals surface area contributed by atoms with Gasteiger partial charge in [-0.2, -0.15) is 0 Å². The van der Waals surface area contributed by atoms with Crippen molar-refractivity contribution in [3.8, 4) is 11.3 Å². The zero-order valence-corrected chi connectivity index (χ0v) is 24.6. The quantitative estimate of drug-likeness (QED) is 0.239. The van der Waals surface area contributed by atoms with E-state index in [0.717, 1.165) is 26.2 Å². The molecule has 1 fully saturated rings. The largest absolute Gasteiger partial charge is 0.519 e. The average molecular weight is 614 g/mol. The molecule has 1 aliphatic heterocycles. The van der Waals surface area contributed by atoms with E-state index in [2.05, 4.69) is 42.7 Å². The number of nitrogens with one attached hydrogen (secondary N) is 2. The number of carbonyl (C=O) groups excluding carboxylic acids is 1. The van der Waals surface area contributed by atoms with Gasteiger partial charge in [0.1, 0.15) is 22.4 Å². The molecule has 0 radical (unpaired) electrons. The Morgan fingerprint density at radius 2 is 1.93 bits per heavy atom. The van der Waals surface area contributed by atoms with E-state index in [1.54, 1.807) is 31.3 Å². The summed E-state index contributed by atoms with van der Waals surface area (Å²) >= 11 is 7.36. The van der Waals surface area contributed by atoms with Crippen molar-refractivity contribution in [1.82, 2.24) is 25.0 Å². The second-order valence-corrected chi connectivity index (χ2v) is 11.2. The number of halogens is 2. The van der Waals surface area contributed by atoms with Gasteiger partial charge in [0.25, 0.3) is 0 Å². The highest BCUT2D eigenvalue weighted by Crippen LogP contribution is 2.34. The SMILES string of the molecule is Cc1oc(=O)oc1CSc1nnc(-c2cc(Cl)ccc2F)cc1Nc1ccnc(NC(=O)CCN2CCN(C)CC2)c1. The molecule has 4 heterocycles. The highest BCUT2D eigenvalue weighted by molar-refractivity contribution is 7.98. The predicted octanol–water partition coefficient (Wildman–Crippen LogP) is 4.80. The van der Waals surface area contributed by atoms with Gasteiger partial charge < -0.3 is 29.3 Å². The fourth-order valence-corrected chi connectivity index (χ4v) is 5.38. The molecule has 0 unspecified atom stereocenters. The summed E-state index contributed by atoms with van der Waals surface area (Å²) in [6.07, 6.45) is 1.93. The molecule has 5 rings (SSSR count). The molecule has 11 nitrogen and oxygen atoms in total. The lowest BCUT2D eigenvalue weighted by Crippen LogP contribution is -2.45. The fourth-order valence-electron chi connectivity index (χ4n) is 4.31. The number of carbonyl (C=O) groups is 1. The highest BCUT2D eigenvalue weighted by atomic mass is 35.5. The van der Waals surface area contributed by atoms with Gasteiger partial charge in [0, 0.05) is 67.7 Å². The van der Waals surface area contributed by atoms with Crippen LogP contribution in [0, 0.1) is 12.7 Å². The van der Waals surface area contributed by atoms with Crippen molar-refractivity contribution in [2.24, 2.45) is 0 Å². The van der Waals surface area contributed by atoms with E-state index < -0.39 is 11.6 Å². The van der Waals surface area contributed by atoms with Crippen LogP contribution in [0.2, 0.25) is 5.02 Å². The van der Waals surface area contributed by atoms with Crippen molar-refractivity contribution in [3.63, 3.8) is 0 Å². The van der Waals surface area contributed by atoms with E-state index in [1.165, 1.54) is 30.0 Å². The lowest BCUT2D eigenvalue weighted by Gasteiger charge is -2.32. The first kappa shape index (κ1) is 29.7. The molecule has 0 saturated carbocycles. The molecule has 3 aromatic heterocycles. The van der Waals surface area contributed by atoms with E-state index in [1.807, 2.05) is 0 Å². The van der Waals surface area contributed by atoms with Gasteiger partial charge in [-0.05, 0) is 44.3 Å². The Morgan fingerprint density at radius 1 is 1.12 bits per heavy atom. The number of nitrogens with zero attached hydrogens (tertiary/aromatic N) is 5. The van der Waals surface area contributed by atoms with E-state index in [4.69, 9.17) is 20.4 Å². The molecule has 1 aromatic carbocycles. The molecule has 1 saturated heterocycles. The number of aryl methyl sites for hydroxylation is 1. The maximum absolute atomic E-state index is 14.6. The minimum absolute atomic E-state index is 0.129. The first-order chi connectivity index (χ1) is 20.2. The van der Waals surface area contributed by atoms with Crippen molar-refractivity contribution >= 4 is 46.5 Å². The standard InChI is InChI=1S/C28H29ClFN7O4S/c1-17-24(41-28(39)40-17)16-42-27-23(15-22(34-35-27)20-13-18(29)3-4-21(20)30)32-19-5-7-31-25(14-19)33-26(38)6-8-37-11-9-36(2)10-12-37/h3-5,7,13-15H,6,8-12,16H2,1-2H3,(H2,31,32,33,34,38). The Hall–Kier alpha value is -3.78. The summed E-state index contributed by atoms with van der Waals surface area (Å²) in [5, 5.41) is 15.5. The number of anilines is 3. The van der Waals surface area contributed by atoms with Gasteiger partial charge in [0.15, 0.2) is 5.76 Å². The van der Waals surface area contributed by atoms with Crippen molar-refractivity contribution in [2.45, 2.75) is 24.1 Å². The van der Waals surface area contributed by atoms with Gasteiger partial charge >= 0.3 is 5.82 Å². The summed E-state index contributed by atoms with van der Waals surface area (Å²) in [6.45, 7) is 6.17. The smallest absolute Gasteiger partial charge is 0.396 e. The summed E-state index contributed by atoms with van der Waals surface area (Å²) in [6, 6.07) is 9.27. The van der Waals surface area contributed by atoms with Crippen LogP contribution in [0.25, 0.3) is 11.3 Å². The molecular formula is C28H29ClFN7O4S. The first-order valence-electron chi connectivity index (χ1n) is 13.2. The number of hydrogen-bond donors (Lipinski definition) is 2. The van der Waals surface area contributed by atoms with Crippen LogP contribution in [0.3, 0.4) is 0 Å². The van der Waals surface area contributed by atoms with Crippen LogP contribution in [-0.4, -0.2) is 70.7 Å². The monoisotopic (exact) mass is 613 g/mol. The van der Waals surface area contributed by atoms with E-state index in [9.17, 15) is 14.0 Å². The van der Waals surface area contributed by atoms with Crippen molar-refractivity contribution in [2.75, 3.05) is 50.4 Å². The van der Waals surface area contributed by atoms with Crippen molar-refractivity contribution in [1.29, 1.82) is 0 Å². The Balaban J connectivity index is 1.33. The summed E-state index contributed by atoms with van der Waals surface area (Å²) in [5.41, 5.74) is 1.57. The zero-order chi connectivity index (χ0) is 29.6. The predicted molar refractivity (Wildman–Crippen MR) is 159 cm³/mol. The summed E-state index contributed by atoms with van der Waals surface area (Å²) in [4.78, 5) is 32.9. The second-order valence-electron chi connectivity index (χ2n) is 9.79. The number of aromatic nitrogens is 3. The number of benzene rings is 1. The maximum atomic E-state index is 14.6. The molecule has 220 valence electrons. The molecule has 1 aliphatic rings. The van der Waals surface area contributed by atoms with Crippen LogP contribution >= 0.6 is 23.4 Å². The summed E-state index contributed by atoms with van der Waals surface area (Å²) < 4.78 is 24.7. The molecule has 42 heavy (non-hydrogen) atoms. The average Bonchev–Trinajstić information content (AvgIpc) is 3.29. The van der Waals surface area contributed by atoms with Crippen LogP contribution in [-0.2, 0) is 10.5 Å². The number of piperazine rings is 1. The third-order valence-corrected chi connectivity index (χ3v) is 7.91. The molecule has 0 atom stereocenters. The maximum Gasteiger partial charge on any atom is 0.519 e. The zero-order valence-electron chi connectivity index (χ0n) is 23.0. The Morgan fingerprint density at radius 3 is 2.69 bits per heavy atom. The molecule has 4 aromatic rings. The number of thioether (sulfide) groups is 1. The van der Waals surface area contributed by atoms with Gasteiger partial charge in [-0.3, -0.25) is 4.79 Å². The Labute approximate surface area is 250 Å². The lowest BCUT2D eigenvalue weighted by molar-refractivity contribution is -0.116. The Bertz CT molecular complexity index is 1620. The molecule has 2 N–H and O–H groups in total. The van der Waals surface area contributed by atoms with Gasteiger partial charge in [0.2, 0.25) is 5.91 Å². The highest BCUT2D eigenvalue weighted by Gasteiger charge is 2.17. The molecule has 0 bridgehead atoms. The molecule has 0 spiro atoms. The number of rotatable bonds is 10. The summed E-state index contributed by atoms with van der Waals surface area (Å²) in [7, 11) is 2.09. The lowest BCUT2D eigenvalue weighted by atomic mass is 10.1. The summed E-state index contributed by atoms with van der Waals surface area (Å²) in [5.74, 6) is -0.0393. The van der Waals surface area contributed by atoms with E-state index >= 15 is 0 Å². The van der Waals surface area contributed by atoms with Gasteiger partial charge in [-0.25, -0.2) is 14.2 Å². The Kier molecular flexibility index (Phi) is 9.52. The van der Waals surface area contributed by atoms with Crippen molar-refractivity contribution in [3.05, 3.63) is 75.6 Å². The van der Waals surface area contributed by atoms with Gasteiger partial charge in [0.05, 0.1) is 17.1 Å². The molecule has 1 amide bonds. The fraction of sp³-hybridized carbons (Fsp3) is 0.321. The second kappa shape index (κ2) is 13.5. The topological polar surface area (TPSA) is 130 Å². The van der Waals surface area contributed by atoms with Gasteiger partial charge in [-0.1, -0.05) is 23.4 Å². The minimum atomic E-state index is -0.783. The van der Waals surface area contributed by atoms with Crippen LogP contribution in [0.15, 0.2) is 61.2 Å². The van der Waals surface area contributed by atoms with Crippen LogP contribution in [0.1, 0.15) is 17.9 Å².